The Balaban J connectivity index is 1.35. The highest BCUT2D eigenvalue weighted by Crippen LogP contribution is 2.29. The second kappa shape index (κ2) is 8.57. The number of aromatic nitrogens is 2. The summed E-state index contributed by atoms with van der Waals surface area (Å²) in [6.07, 6.45) is 4.79. The zero-order chi connectivity index (χ0) is 20.2. The van der Waals surface area contributed by atoms with Crippen molar-refractivity contribution < 1.29 is 13.6 Å². The van der Waals surface area contributed by atoms with Crippen molar-refractivity contribution in [3.05, 3.63) is 76.9 Å². The molecule has 3 aromatic rings. The van der Waals surface area contributed by atoms with Gasteiger partial charge in [-0.05, 0) is 54.8 Å². The highest BCUT2D eigenvalue weighted by atomic mass is 35.5. The Morgan fingerprint density at radius 2 is 1.83 bits per heavy atom. The number of carbonyl (C=O) groups is 1. The van der Waals surface area contributed by atoms with Crippen molar-refractivity contribution in [3.8, 4) is 11.5 Å². The molecule has 1 aromatic heterocycles. The van der Waals surface area contributed by atoms with E-state index in [4.69, 9.17) is 16.0 Å². The third kappa shape index (κ3) is 4.54. The van der Waals surface area contributed by atoms with Crippen molar-refractivity contribution >= 4 is 23.6 Å². The van der Waals surface area contributed by atoms with Crippen LogP contribution in [-0.4, -0.2) is 34.1 Å². The highest BCUT2D eigenvalue weighted by molar-refractivity contribution is 6.32. The topological polar surface area (TPSA) is 59.2 Å². The fourth-order valence-electron chi connectivity index (χ4n) is 3.33. The van der Waals surface area contributed by atoms with Crippen molar-refractivity contribution in [2.45, 2.75) is 18.8 Å². The molecule has 1 amide bonds. The molecule has 1 aliphatic heterocycles. The average molecular weight is 412 g/mol. The van der Waals surface area contributed by atoms with E-state index in [0.717, 1.165) is 18.4 Å². The molecule has 7 heteroatoms. The molecule has 1 saturated heterocycles. The predicted octanol–water partition coefficient (Wildman–Crippen LogP) is 4.95. The number of rotatable bonds is 4. The molecule has 1 fully saturated rings. The zero-order valence-corrected chi connectivity index (χ0v) is 16.3. The first-order valence-electron chi connectivity index (χ1n) is 9.41. The molecule has 0 unspecified atom stereocenters. The fraction of sp³-hybridized carbons (Fsp3) is 0.227. The van der Waals surface area contributed by atoms with Crippen LogP contribution in [-0.2, 0) is 4.79 Å². The third-order valence-electron chi connectivity index (χ3n) is 5.00. The molecule has 0 N–H and O–H groups in total. The molecule has 2 aromatic carbocycles. The summed E-state index contributed by atoms with van der Waals surface area (Å²) in [5.74, 6) is 0.688. The minimum Gasteiger partial charge on any atom is -0.420 e. The number of hydrogen-bond donors (Lipinski definition) is 0. The first kappa shape index (κ1) is 19.3. The van der Waals surface area contributed by atoms with Crippen LogP contribution in [0.3, 0.4) is 0 Å². The van der Waals surface area contributed by atoms with E-state index in [1.807, 2.05) is 18.2 Å². The van der Waals surface area contributed by atoms with Gasteiger partial charge in [-0.25, -0.2) is 4.39 Å². The van der Waals surface area contributed by atoms with Gasteiger partial charge in [-0.2, -0.15) is 0 Å². The summed E-state index contributed by atoms with van der Waals surface area (Å²) < 4.78 is 18.8. The predicted molar refractivity (Wildman–Crippen MR) is 109 cm³/mol. The lowest BCUT2D eigenvalue weighted by atomic mass is 9.97. The zero-order valence-electron chi connectivity index (χ0n) is 15.6. The van der Waals surface area contributed by atoms with Gasteiger partial charge in [0.15, 0.2) is 0 Å². The van der Waals surface area contributed by atoms with Gasteiger partial charge in [0.2, 0.25) is 17.7 Å². The number of hydrogen-bond acceptors (Lipinski definition) is 4. The lowest BCUT2D eigenvalue weighted by molar-refractivity contribution is -0.127. The molecular weight excluding hydrogens is 393 g/mol. The summed E-state index contributed by atoms with van der Waals surface area (Å²) in [6.45, 7) is 1.23. The van der Waals surface area contributed by atoms with E-state index in [9.17, 15) is 9.18 Å². The third-order valence-corrected chi connectivity index (χ3v) is 5.34. The van der Waals surface area contributed by atoms with Gasteiger partial charge in [-0.1, -0.05) is 29.8 Å². The van der Waals surface area contributed by atoms with Crippen molar-refractivity contribution in [3.63, 3.8) is 0 Å². The van der Waals surface area contributed by atoms with Gasteiger partial charge in [0.25, 0.3) is 0 Å². The smallest absolute Gasteiger partial charge is 0.247 e. The lowest BCUT2D eigenvalue weighted by Gasteiger charge is -2.29. The molecule has 0 radical (unpaired) electrons. The fourth-order valence-corrected chi connectivity index (χ4v) is 3.53. The van der Waals surface area contributed by atoms with E-state index in [-0.39, 0.29) is 17.6 Å². The van der Waals surface area contributed by atoms with Gasteiger partial charge in [-0.3, -0.25) is 4.79 Å². The molecule has 5 nitrogen and oxygen atoms in total. The molecule has 0 spiro atoms. The van der Waals surface area contributed by atoms with Crippen LogP contribution >= 0.6 is 11.6 Å². The van der Waals surface area contributed by atoms with Crippen molar-refractivity contribution in [2.75, 3.05) is 13.1 Å². The Labute approximate surface area is 172 Å². The van der Waals surface area contributed by atoms with Gasteiger partial charge in [-0.15, -0.1) is 10.2 Å². The molecule has 0 atom stereocenters. The van der Waals surface area contributed by atoms with E-state index >= 15 is 0 Å². The first-order valence-corrected chi connectivity index (χ1v) is 9.79. The second-order valence-electron chi connectivity index (χ2n) is 6.91. The number of likely N-dealkylation sites (tertiary alicyclic amines) is 1. The summed E-state index contributed by atoms with van der Waals surface area (Å²) in [5.41, 5.74) is 1.50. The van der Waals surface area contributed by atoms with Crippen LogP contribution < -0.4 is 0 Å². The Bertz CT molecular complexity index is 1020. The molecular formula is C22H19ClFN3O2. The Hall–Kier alpha value is -2.99. The minimum absolute atomic E-state index is 0.0408. The molecule has 2 heterocycles. The van der Waals surface area contributed by atoms with E-state index < -0.39 is 0 Å². The van der Waals surface area contributed by atoms with Gasteiger partial charge < -0.3 is 9.32 Å². The largest absolute Gasteiger partial charge is 0.420 e. The van der Waals surface area contributed by atoms with Crippen LogP contribution in [0.2, 0.25) is 5.02 Å². The van der Waals surface area contributed by atoms with Crippen molar-refractivity contribution in [1.29, 1.82) is 0 Å². The molecule has 148 valence electrons. The Kier molecular flexibility index (Phi) is 5.71. The number of halogens is 2. The minimum atomic E-state index is -0.311. The summed E-state index contributed by atoms with van der Waals surface area (Å²) in [6, 6.07) is 13.3. The number of carbonyl (C=O) groups excluding carboxylic acids is 1. The number of benzene rings is 2. The molecule has 0 aliphatic carbocycles. The maximum atomic E-state index is 13.1. The van der Waals surface area contributed by atoms with E-state index in [1.54, 1.807) is 35.3 Å². The van der Waals surface area contributed by atoms with Crippen molar-refractivity contribution in [1.82, 2.24) is 15.1 Å². The van der Waals surface area contributed by atoms with Gasteiger partial charge in [0.05, 0.1) is 0 Å². The molecule has 29 heavy (non-hydrogen) atoms. The Morgan fingerprint density at radius 3 is 2.55 bits per heavy atom. The average Bonchev–Trinajstić information content (AvgIpc) is 3.24. The number of piperidine rings is 1. The van der Waals surface area contributed by atoms with Gasteiger partial charge >= 0.3 is 0 Å². The standard InChI is InChI=1S/C22H19ClFN3O2/c23-19-4-2-1-3-15(19)7-10-20(28)27-13-11-17(12-14-27)22-26-25-21(29-22)16-5-8-18(24)9-6-16/h1-10,17H,11-14H2. The van der Waals surface area contributed by atoms with Crippen LogP contribution in [0.5, 0.6) is 0 Å². The van der Waals surface area contributed by atoms with E-state index in [1.165, 1.54) is 12.1 Å². The van der Waals surface area contributed by atoms with Crippen LogP contribution in [0.25, 0.3) is 17.5 Å². The first-order chi connectivity index (χ1) is 14.1. The summed E-state index contributed by atoms with van der Waals surface area (Å²) in [7, 11) is 0. The quantitative estimate of drug-likeness (QED) is 0.570. The monoisotopic (exact) mass is 411 g/mol. The molecule has 0 saturated carbocycles. The maximum Gasteiger partial charge on any atom is 0.247 e. The van der Waals surface area contributed by atoms with E-state index in [0.29, 0.717) is 35.5 Å². The highest BCUT2D eigenvalue weighted by Gasteiger charge is 2.26. The lowest BCUT2D eigenvalue weighted by Crippen LogP contribution is -2.36. The maximum absolute atomic E-state index is 13.1. The van der Waals surface area contributed by atoms with Crippen LogP contribution in [0, 0.1) is 5.82 Å². The van der Waals surface area contributed by atoms with Crippen LogP contribution in [0.4, 0.5) is 4.39 Å². The van der Waals surface area contributed by atoms with Crippen LogP contribution in [0.15, 0.2) is 59.0 Å². The normalized spacial score (nSPS) is 15.2. The second-order valence-corrected chi connectivity index (χ2v) is 7.31. The molecule has 4 rings (SSSR count). The molecule has 1 aliphatic rings. The number of amides is 1. The summed E-state index contributed by atoms with van der Waals surface area (Å²) in [5, 5.41) is 8.84. The SMILES string of the molecule is O=C(C=Cc1ccccc1Cl)N1CCC(c2nnc(-c3ccc(F)cc3)o2)CC1. The van der Waals surface area contributed by atoms with Gasteiger partial charge in [0.1, 0.15) is 5.82 Å². The van der Waals surface area contributed by atoms with Crippen LogP contribution in [0.1, 0.15) is 30.2 Å². The Morgan fingerprint density at radius 1 is 1.10 bits per heavy atom. The van der Waals surface area contributed by atoms with Gasteiger partial charge in [0, 0.05) is 35.7 Å². The molecule has 0 bridgehead atoms. The summed E-state index contributed by atoms with van der Waals surface area (Å²) in [4.78, 5) is 14.3. The number of nitrogens with zero attached hydrogens (tertiary/aromatic N) is 3. The van der Waals surface area contributed by atoms with E-state index in [2.05, 4.69) is 10.2 Å². The summed E-state index contributed by atoms with van der Waals surface area (Å²) >= 11 is 6.12. The van der Waals surface area contributed by atoms with Crippen molar-refractivity contribution in [2.24, 2.45) is 0 Å².